The second-order valence-electron chi connectivity index (χ2n) is 6.39. The van der Waals surface area contributed by atoms with Gasteiger partial charge in [0.15, 0.2) is 0 Å². The van der Waals surface area contributed by atoms with Crippen LogP contribution in [0.3, 0.4) is 0 Å². The highest BCUT2D eigenvalue weighted by Gasteiger charge is 2.36. The average Bonchev–Trinajstić information content (AvgIpc) is 2.97. The topological polar surface area (TPSA) is 116 Å². The first kappa shape index (κ1) is 23.6. The Kier molecular flexibility index (Phi) is 7.07. The maximum atomic E-state index is 12.8. The van der Waals surface area contributed by atoms with Crippen LogP contribution in [0.5, 0.6) is 11.5 Å². The van der Waals surface area contributed by atoms with E-state index in [-0.39, 0.29) is 28.5 Å². The van der Waals surface area contributed by atoms with Gasteiger partial charge in [0.05, 0.1) is 23.5 Å². The molecule has 0 aromatic heterocycles. The van der Waals surface area contributed by atoms with Gasteiger partial charge in [-0.25, -0.2) is 0 Å². The molecule has 1 fully saturated rings. The van der Waals surface area contributed by atoms with E-state index in [2.05, 4.69) is 0 Å². The predicted molar refractivity (Wildman–Crippen MR) is 119 cm³/mol. The fraction of sp³-hybridized carbons (Fsp3) is 0.150. The summed E-state index contributed by atoms with van der Waals surface area (Å²) in [6.07, 6.45) is 1.30. The van der Waals surface area contributed by atoms with Crippen LogP contribution in [-0.4, -0.2) is 34.0 Å². The molecular weight excluding hydrogens is 483 g/mol. The van der Waals surface area contributed by atoms with E-state index in [4.69, 9.17) is 32.7 Å². The molecule has 1 aliphatic heterocycles. The molecule has 0 saturated carbocycles. The van der Waals surface area contributed by atoms with Gasteiger partial charge in [0.1, 0.15) is 0 Å². The molecule has 2 amide bonds. The summed E-state index contributed by atoms with van der Waals surface area (Å²) in [5, 5.41) is 11.7. The molecule has 1 saturated heterocycles. The second-order valence-corrected chi connectivity index (χ2v) is 8.23. The Morgan fingerprint density at radius 1 is 1.25 bits per heavy atom. The van der Waals surface area contributed by atoms with Gasteiger partial charge in [-0.2, -0.15) is 0 Å². The highest BCUT2D eigenvalue weighted by molar-refractivity contribution is 8.18. The number of hydrogen-bond donors (Lipinski definition) is 0. The van der Waals surface area contributed by atoms with Crippen LogP contribution in [-0.2, 0) is 16.1 Å². The van der Waals surface area contributed by atoms with E-state index in [0.717, 1.165) is 11.8 Å². The molecule has 0 atom stereocenters. The third-order valence-electron chi connectivity index (χ3n) is 4.27. The number of nitro groups is 1. The highest BCUT2D eigenvalue weighted by Crippen LogP contribution is 2.42. The van der Waals surface area contributed by atoms with Crippen molar-refractivity contribution in [1.82, 2.24) is 4.90 Å². The minimum atomic E-state index is -0.761. The number of carbonyl (C=O) groups is 3. The van der Waals surface area contributed by atoms with E-state index < -0.39 is 27.7 Å². The Labute approximate surface area is 196 Å². The SMILES string of the molecule is COc1c(/C=C2\SC(=O)N(Cc3ccc(Cl)cc3Cl)C2=O)ccc(OC(C)=O)c1[N+](=O)[O-]. The maximum absolute atomic E-state index is 12.8. The van der Waals surface area contributed by atoms with Crippen LogP contribution in [0, 0.1) is 10.1 Å². The van der Waals surface area contributed by atoms with Crippen molar-refractivity contribution in [2.45, 2.75) is 13.5 Å². The van der Waals surface area contributed by atoms with Crippen molar-refractivity contribution >= 4 is 63.8 Å². The lowest BCUT2D eigenvalue weighted by atomic mass is 10.1. The molecule has 0 aliphatic carbocycles. The zero-order chi connectivity index (χ0) is 23.6. The first-order valence-electron chi connectivity index (χ1n) is 8.85. The zero-order valence-corrected chi connectivity index (χ0v) is 18.9. The van der Waals surface area contributed by atoms with E-state index in [1.807, 2.05) is 0 Å². The normalized spacial score (nSPS) is 14.8. The number of carbonyl (C=O) groups excluding carboxylic acids is 3. The van der Waals surface area contributed by atoms with Crippen molar-refractivity contribution < 1.29 is 28.8 Å². The lowest BCUT2D eigenvalue weighted by Crippen LogP contribution is -2.27. The summed E-state index contributed by atoms with van der Waals surface area (Å²) in [7, 11) is 1.20. The first-order valence-corrected chi connectivity index (χ1v) is 10.4. The van der Waals surface area contributed by atoms with Crippen LogP contribution in [0.25, 0.3) is 6.08 Å². The molecule has 2 aromatic carbocycles. The van der Waals surface area contributed by atoms with Gasteiger partial charge in [0, 0.05) is 22.5 Å². The number of hydrogen-bond acceptors (Lipinski definition) is 8. The maximum Gasteiger partial charge on any atom is 0.353 e. The van der Waals surface area contributed by atoms with Crippen LogP contribution in [0.2, 0.25) is 10.0 Å². The zero-order valence-electron chi connectivity index (χ0n) is 16.6. The molecule has 32 heavy (non-hydrogen) atoms. The van der Waals surface area contributed by atoms with Crippen LogP contribution in [0.1, 0.15) is 18.1 Å². The molecule has 166 valence electrons. The molecule has 0 bridgehead atoms. The minimum Gasteiger partial charge on any atom is -0.490 e. The number of imide groups is 1. The monoisotopic (exact) mass is 496 g/mol. The Morgan fingerprint density at radius 2 is 1.97 bits per heavy atom. The van der Waals surface area contributed by atoms with Gasteiger partial charge in [0.25, 0.3) is 11.1 Å². The number of esters is 1. The Balaban J connectivity index is 1.97. The van der Waals surface area contributed by atoms with Crippen LogP contribution < -0.4 is 9.47 Å². The number of thioether (sulfide) groups is 1. The Bertz CT molecular complexity index is 1180. The number of nitrogens with zero attached hydrogens (tertiary/aromatic N) is 2. The van der Waals surface area contributed by atoms with Crippen LogP contribution >= 0.6 is 35.0 Å². The number of halogens is 2. The molecular formula is C20H14Cl2N2O7S. The number of ether oxygens (including phenoxy) is 2. The summed E-state index contributed by atoms with van der Waals surface area (Å²) in [4.78, 5) is 48.4. The minimum absolute atomic E-state index is 0.0351. The molecule has 9 nitrogen and oxygen atoms in total. The van der Waals surface area contributed by atoms with Gasteiger partial charge in [-0.15, -0.1) is 0 Å². The van der Waals surface area contributed by atoms with Crippen molar-refractivity contribution in [3.63, 3.8) is 0 Å². The highest BCUT2D eigenvalue weighted by atomic mass is 35.5. The van der Waals surface area contributed by atoms with Crippen molar-refractivity contribution in [1.29, 1.82) is 0 Å². The van der Waals surface area contributed by atoms with E-state index in [1.54, 1.807) is 12.1 Å². The number of rotatable bonds is 6. The van der Waals surface area contributed by atoms with E-state index in [9.17, 15) is 24.5 Å². The summed E-state index contributed by atoms with van der Waals surface area (Å²) < 4.78 is 10.0. The summed E-state index contributed by atoms with van der Waals surface area (Å²) in [6, 6.07) is 7.30. The standard InChI is InChI=1S/C20H14Cl2N2O7S/c1-10(25)31-15-6-4-11(18(30-2)17(15)24(28)29)7-16-19(26)23(20(27)32-16)9-12-3-5-13(21)8-14(12)22/h3-8H,9H2,1-2H3/b16-7-. The average molecular weight is 497 g/mol. The molecule has 2 aromatic rings. The van der Waals surface area contributed by atoms with Crippen molar-refractivity contribution in [3.05, 3.63) is 66.5 Å². The Morgan fingerprint density at radius 3 is 2.56 bits per heavy atom. The third kappa shape index (κ3) is 4.87. The first-order chi connectivity index (χ1) is 15.1. The van der Waals surface area contributed by atoms with Gasteiger partial charge in [-0.1, -0.05) is 29.3 Å². The van der Waals surface area contributed by atoms with Gasteiger partial charge >= 0.3 is 11.7 Å². The van der Waals surface area contributed by atoms with Crippen molar-refractivity contribution in [2.75, 3.05) is 7.11 Å². The van der Waals surface area contributed by atoms with Crippen LogP contribution in [0.4, 0.5) is 10.5 Å². The number of amides is 2. The Hall–Kier alpha value is -3.08. The summed E-state index contributed by atoms with van der Waals surface area (Å²) in [5.74, 6) is -1.87. The fourth-order valence-corrected chi connectivity index (χ4v) is 4.20. The van der Waals surface area contributed by atoms with Crippen molar-refractivity contribution in [2.24, 2.45) is 0 Å². The predicted octanol–water partition coefficient (Wildman–Crippen LogP) is 5.07. The molecule has 12 heteroatoms. The smallest absolute Gasteiger partial charge is 0.353 e. The third-order valence-corrected chi connectivity index (χ3v) is 5.76. The molecule has 3 rings (SSSR count). The molecule has 0 unspecified atom stereocenters. The molecule has 0 N–H and O–H groups in total. The number of nitro benzene ring substituents is 1. The van der Waals surface area contributed by atoms with E-state index >= 15 is 0 Å². The van der Waals surface area contributed by atoms with Gasteiger partial charge < -0.3 is 9.47 Å². The van der Waals surface area contributed by atoms with E-state index in [1.165, 1.54) is 31.4 Å². The lowest BCUT2D eigenvalue weighted by molar-refractivity contribution is -0.386. The summed E-state index contributed by atoms with van der Waals surface area (Å²) in [5.41, 5.74) is 0.104. The van der Waals surface area contributed by atoms with E-state index in [0.29, 0.717) is 27.4 Å². The number of methoxy groups -OCH3 is 1. The van der Waals surface area contributed by atoms with Gasteiger partial charge in [-0.3, -0.25) is 29.4 Å². The molecule has 0 radical (unpaired) electrons. The second kappa shape index (κ2) is 9.60. The van der Waals surface area contributed by atoms with Gasteiger partial charge in [-0.05, 0) is 47.7 Å². The quantitative estimate of drug-likeness (QED) is 0.179. The van der Waals surface area contributed by atoms with Gasteiger partial charge in [0.2, 0.25) is 11.5 Å². The summed E-state index contributed by atoms with van der Waals surface area (Å²) in [6.45, 7) is 1.04. The fourth-order valence-electron chi connectivity index (χ4n) is 2.90. The van der Waals surface area contributed by atoms with Crippen LogP contribution in [0.15, 0.2) is 35.2 Å². The summed E-state index contributed by atoms with van der Waals surface area (Å²) >= 11 is 12.7. The largest absolute Gasteiger partial charge is 0.490 e. The lowest BCUT2D eigenvalue weighted by Gasteiger charge is -2.13. The molecule has 1 aliphatic rings. The molecule has 0 spiro atoms. The molecule has 1 heterocycles. The number of benzene rings is 2. The van der Waals surface area contributed by atoms with Crippen molar-refractivity contribution in [3.8, 4) is 11.5 Å².